The van der Waals surface area contributed by atoms with Crippen LogP contribution in [-0.2, 0) is 11.2 Å². The first-order valence-corrected chi connectivity index (χ1v) is 9.78. The number of aliphatic hydroxyl groups excluding tert-OH is 1. The molecule has 0 spiro atoms. The molecule has 1 aliphatic carbocycles. The zero-order chi connectivity index (χ0) is 18.9. The van der Waals surface area contributed by atoms with Gasteiger partial charge in [-0.25, -0.2) is 4.98 Å². The highest BCUT2D eigenvalue weighted by Crippen LogP contribution is 2.39. The SMILES string of the molecule is OC1=CCC(c2nc(N3CCOCC3)nc3c2CCN3c2ccncc2)C=C1. The average molecular weight is 377 g/mol. The second-order valence-electron chi connectivity index (χ2n) is 7.25. The predicted molar refractivity (Wildman–Crippen MR) is 107 cm³/mol. The summed E-state index contributed by atoms with van der Waals surface area (Å²) in [5.41, 5.74) is 3.38. The smallest absolute Gasteiger partial charge is 0.227 e. The molecule has 1 atom stereocenters. The molecule has 1 unspecified atom stereocenters. The second kappa shape index (κ2) is 7.24. The maximum absolute atomic E-state index is 9.72. The van der Waals surface area contributed by atoms with Crippen molar-refractivity contribution in [1.29, 1.82) is 0 Å². The first-order valence-electron chi connectivity index (χ1n) is 9.78. The first kappa shape index (κ1) is 17.2. The van der Waals surface area contributed by atoms with Crippen molar-refractivity contribution in [2.45, 2.75) is 18.8 Å². The van der Waals surface area contributed by atoms with Crippen LogP contribution in [0.25, 0.3) is 0 Å². The van der Waals surface area contributed by atoms with Crippen molar-refractivity contribution in [3.05, 3.63) is 59.8 Å². The summed E-state index contributed by atoms with van der Waals surface area (Å²) in [5, 5.41) is 9.72. The standard InChI is InChI=1S/C21H23N5O2/c27-17-3-1-15(2-4-17)19-18-7-10-26(16-5-8-22-9-6-16)20(18)24-21(23-19)25-11-13-28-14-12-25/h1,3-6,8-9,15,27H,2,7,10-14H2. The molecule has 0 aromatic carbocycles. The summed E-state index contributed by atoms with van der Waals surface area (Å²) in [6.45, 7) is 3.88. The van der Waals surface area contributed by atoms with Gasteiger partial charge in [0.05, 0.1) is 18.9 Å². The highest BCUT2D eigenvalue weighted by Gasteiger charge is 2.31. The van der Waals surface area contributed by atoms with Crippen LogP contribution in [0.5, 0.6) is 0 Å². The summed E-state index contributed by atoms with van der Waals surface area (Å²) in [6.07, 6.45) is 11.0. The molecule has 7 nitrogen and oxygen atoms in total. The maximum Gasteiger partial charge on any atom is 0.227 e. The van der Waals surface area contributed by atoms with Crippen LogP contribution in [0.15, 0.2) is 48.5 Å². The van der Waals surface area contributed by atoms with Gasteiger partial charge in [0, 0.05) is 49.2 Å². The molecule has 3 aliphatic rings. The molecule has 7 heteroatoms. The van der Waals surface area contributed by atoms with Gasteiger partial charge < -0.3 is 19.6 Å². The number of ether oxygens (including phenoxy) is 1. The summed E-state index contributed by atoms with van der Waals surface area (Å²) in [7, 11) is 0. The highest BCUT2D eigenvalue weighted by molar-refractivity contribution is 5.68. The van der Waals surface area contributed by atoms with Gasteiger partial charge in [-0.3, -0.25) is 4.98 Å². The number of fused-ring (bicyclic) bond motifs is 1. The van der Waals surface area contributed by atoms with E-state index in [1.165, 1.54) is 5.56 Å². The quantitative estimate of drug-likeness (QED) is 0.881. The Morgan fingerprint density at radius 2 is 1.89 bits per heavy atom. The van der Waals surface area contributed by atoms with Gasteiger partial charge in [0.25, 0.3) is 0 Å². The molecular weight excluding hydrogens is 354 g/mol. The topological polar surface area (TPSA) is 74.6 Å². The van der Waals surface area contributed by atoms with Crippen LogP contribution in [0, 0.1) is 0 Å². The summed E-state index contributed by atoms with van der Waals surface area (Å²) in [4.78, 5) is 18.6. The van der Waals surface area contributed by atoms with Gasteiger partial charge in [-0.2, -0.15) is 4.98 Å². The molecule has 0 amide bonds. The number of pyridine rings is 1. The lowest BCUT2D eigenvalue weighted by Crippen LogP contribution is -2.37. The molecule has 1 N–H and O–H groups in total. The summed E-state index contributed by atoms with van der Waals surface area (Å²) in [5.74, 6) is 2.24. The Morgan fingerprint density at radius 1 is 1.07 bits per heavy atom. The number of aliphatic hydroxyl groups is 1. The molecule has 2 aromatic rings. The van der Waals surface area contributed by atoms with Crippen molar-refractivity contribution in [2.75, 3.05) is 42.6 Å². The number of hydrogen-bond acceptors (Lipinski definition) is 7. The van der Waals surface area contributed by atoms with Gasteiger partial charge in [-0.05, 0) is 37.1 Å². The van der Waals surface area contributed by atoms with Crippen molar-refractivity contribution >= 4 is 17.5 Å². The van der Waals surface area contributed by atoms with E-state index in [4.69, 9.17) is 14.7 Å². The van der Waals surface area contributed by atoms with Gasteiger partial charge in [-0.1, -0.05) is 6.08 Å². The van der Waals surface area contributed by atoms with Crippen LogP contribution in [-0.4, -0.2) is 52.9 Å². The van der Waals surface area contributed by atoms with Crippen molar-refractivity contribution in [3.63, 3.8) is 0 Å². The zero-order valence-corrected chi connectivity index (χ0v) is 15.7. The van der Waals surface area contributed by atoms with Gasteiger partial charge in [-0.15, -0.1) is 0 Å². The molecule has 0 radical (unpaired) electrons. The lowest BCUT2D eigenvalue weighted by Gasteiger charge is -2.29. The fourth-order valence-electron chi connectivity index (χ4n) is 4.07. The number of allylic oxidation sites excluding steroid dienone is 3. The Morgan fingerprint density at radius 3 is 2.64 bits per heavy atom. The fraction of sp³-hybridized carbons (Fsp3) is 0.381. The summed E-state index contributed by atoms with van der Waals surface area (Å²) in [6, 6.07) is 4.04. The Hall–Kier alpha value is -2.93. The van der Waals surface area contributed by atoms with Crippen molar-refractivity contribution < 1.29 is 9.84 Å². The Balaban J connectivity index is 1.59. The van der Waals surface area contributed by atoms with E-state index in [-0.39, 0.29) is 5.92 Å². The fourth-order valence-corrected chi connectivity index (χ4v) is 4.07. The van der Waals surface area contributed by atoms with E-state index >= 15 is 0 Å². The lowest BCUT2D eigenvalue weighted by atomic mass is 9.93. The van der Waals surface area contributed by atoms with Crippen LogP contribution < -0.4 is 9.80 Å². The van der Waals surface area contributed by atoms with E-state index in [9.17, 15) is 5.11 Å². The minimum Gasteiger partial charge on any atom is -0.508 e. The third-order valence-corrected chi connectivity index (χ3v) is 5.55. The molecule has 1 fully saturated rings. The van der Waals surface area contributed by atoms with E-state index < -0.39 is 0 Å². The minimum atomic E-state index is 0.157. The van der Waals surface area contributed by atoms with Crippen LogP contribution in [0.3, 0.4) is 0 Å². The van der Waals surface area contributed by atoms with Gasteiger partial charge in [0.2, 0.25) is 5.95 Å². The molecular formula is C21H23N5O2. The Kier molecular flexibility index (Phi) is 4.44. The van der Waals surface area contributed by atoms with E-state index in [0.29, 0.717) is 19.0 Å². The van der Waals surface area contributed by atoms with Crippen molar-refractivity contribution in [1.82, 2.24) is 15.0 Å². The van der Waals surface area contributed by atoms with E-state index in [1.54, 1.807) is 6.08 Å². The molecule has 0 bridgehead atoms. The Labute approximate surface area is 164 Å². The zero-order valence-electron chi connectivity index (χ0n) is 15.7. The summed E-state index contributed by atoms with van der Waals surface area (Å²) < 4.78 is 5.50. The van der Waals surface area contributed by atoms with Gasteiger partial charge in [0.1, 0.15) is 11.6 Å². The summed E-state index contributed by atoms with van der Waals surface area (Å²) >= 11 is 0. The molecule has 4 heterocycles. The van der Waals surface area contributed by atoms with E-state index in [0.717, 1.165) is 55.6 Å². The molecule has 2 aromatic heterocycles. The second-order valence-corrected chi connectivity index (χ2v) is 7.25. The van der Waals surface area contributed by atoms with Crippen LogP contribution >= 0.6 is 0 Å². The highest BCUT2D eigenvalue weighted by atomic mass is 16.5. The third kappa shape index (κ3) is 3.11. The number of hydrogen-bond donors (Lipinski definition) is 1. The van der Waals surface area contributed by atoms with E-state index in [2.05, 4.69) is 20.9 Å². The maximum atomic E-state index is 9.72. The number of aromatic nitrogens is 3. The van der Waals surface area contributed by atoms with Crippen LogP contribution in [0.2, 0.25) is 0 Å². The molecule has 1 saturated heterocycles. The van der Waals surface area contributed by atoms with Crippen molar-refractivity contribution in [2.24, 2.45) is 0 Å². The molecule has 5 rings (SSSR count). The monoisotopic (exact) mass is 377 g/mol. The average Bonchev–Trinajstić information content (AvgIpc) is 3.19. The number of rotatable bonds is 3. The van der Waals surface area contributed by atoms with Gasteiger partial charge >= 0.3 is 0 Å². The molecule has 0 saturated carbocycles. The predicted octanol–water partition coefficient (Wildman–Crippen LogP) is 2.89. The largest absolute Gasteiger partial charge is 0.508 e. The molecule has 28 heavy (non-hydrogen) atoms. The van der Waals surface area contributed by atoms with E-state index in [1.807, 2.05) is 30.6 Å². The van der Waals surface area contributed by atoms with Crippen LogP contribution in [0.1, 0.15) is 23.6 Å². The number of anilines is 3. The van der Waals surface area contributed by atoms with Crippen LogP contribution in [0.4, 0.5) is 17.5 Å². The number of morpholine rings is 1. The third-order valence-electron chi connectivity index (χ3n) is 5.55. The number of nitrogens with zero attached hydrogens (tertiary/aromatic N) is 5. The Bertz CT molecular complexity index is 922. The minimum absolute atomic E-state index is 0.157. The lowest BCUT2D eigenvalue weighted by molar-refractivity contribution is 0.122. The van der Waals surface area contributed by atoms with Gasteiger partial charge in [0.15, 0.2) is 0 Å². The first-order chi connectivity index (χ1) is 13.8. The molecule has 2 aliphatic heterocycles. The normalized spacial score (nSPS) is 21.6. The molecule has 144 valence electrons. The van der Waals surface area contributed by atoms with Crippen molar-refractivity contribution in [3.8, 4) is 0 Å².